The van der Waals surface area contributed by atoms with Crippen LogP contribution in [0.25, 0.3) is 0 Å². The molecule has 1 aliphatic heterocycles. The number of benzene rings is 2. The molecular weight excluding hydrogens is 458 g/mol. The van der Waals surface area contributed by atoms with E-state index in [4.69, 9.17) is 9.47 Å². The van der Waals surface area contributed by atoms with Gasteiger partial charge in [0.15, 0.2) is 11.5 Å². The van der Waals surface area contributed by atoms with Crippen LogP contribution in [0.1, 0.15) is 32.8 Å². The fraction of sp³-hybridized carbons (Fsp3) is 0.417. The van der Waals surface area contributed by atoms with Crippen molar-refractivity contribution in [3.63, 3.8) is 0 Å². The summed E-state index contributed by atoms with van der Waals surface area (Å²) in [5.74, 6) is -0.0534. The molecule has 0 saturated heterocycles. The second kappa shape index (κ2) is 11.2. The molecule has 2 aromatic rings. The molecule has 0 aromatic heterocycles. The Bertz CT molecular complexity index is 1110. The maximum atomic E-state index is 13.5. The lowest BCUT2D eigenvalue weighted by Gasteiger charge is -2.32. The lowest BCUT2D eigenvalue weighted by atomic mass is 10.1. The van der Waals surface area contributed by atoms with Crippen LogP contribution < -0.4 is 19.1 Å². The topological polar surface area (TPSA) is 105 Å². The number of anilines is 1. The lowest BCUT2D eigenvalue weighted by Crippen LogP contribution is -2.51. The number of nitrogens with zero attached hydrogens (tertiary/aromatic N) is 2. The van der Waals surface area contributed by atoms with Gasteiger partial charge in [0.2, 0.25) is 28.6 Å². The molecular formula is C24H31N3O6S. The van der Waals surface area contributed by atoms with Gasteiger partial charge in [-0.15, -0.1) is 0 Å². The number of carbonyl (C=O) groups is 2. The maximum absolute atomic E-state index is 13.5. The summed E-state index contributed by atoms with van der Waals surface area (Å²) in [5, 5.41) is 2.81. The minimum atomic E-state index is -3.80. The van der Waals surface area contributed by atoms with E-state index in [1.165, 1.54) is 11.8 Å². The summed E-state index contributed by atoms with van der Waals surface area (Å²) in [4.78, 5) is 27.6. The van der Waals surface area contributed by atoms with Crippen LogP contribution >= 0.6 is 0 Å². The first-order valence-corrected chi connectivity index (χ1v) is 12.9. The summed E-state index contributed by atoms with van der Waals surface area (Å²) in [6.07, 6.45) is 0.762. The first kappa shape index (κ1) is 25.4. The predicted molar refractivity (Wildman–Crippen MR) is 129 cm³/mol. The SMILES string of the molecule is CCCNC(=O)C(C)N(Cc1ccccc1)C(=O)CN(c1ccc2c(c1)OCO2)S(=O)(=O)CC. The van der Waals surface area contributed by atoms with Gasteiger partial charge in [0, 0.05) is 19.2 Å². The maximum Gasteiger partial charge on any atom is 0.244 e. The minimum Gasteiger partial charge on any atom is -0.454 e. The Morgan fingerprint density at radius 3 is 2.44 bits per heavy atom. The number of nitrogens with one attached hydrogen (secondary N) is 1. The van der Waals surface area contributed by atoms with E-state index in [-0.39, 0.29) is 25.0 Å². The monoisotopic (exact) mass is 489 g/mol. The number of fused-ring (bicyclic) bond motifs is 1. The van der Waals surface area contributed by atoms with Gasteiger partial charge in [-0.1, -0.05) is 37.3 Å². The quantitative estimate of drug-likeness (QED) is 0.520. The van der Waals surface area contributed by atoms with Gasteiger partial charge < -0.3 is 19.7 Å². The zero-order valence-electron chi connectivity index (χ0n) is 19.7. The number of carbonyl (C=O) groups excluding carboxylic acids is 2. The largest absolute Gasteiger partial charge is 0.454 e. The third-order valence-electron chi connectivity index (χ3n) is 5.54. The van der Waals surface area contributed by atoms with Crippen LogP contribution in [0.4, 0.5) is 5.69 Å². The van der Waals surface area contributed by atoms with Crippen molar-refractivity contribution in [2.75, 3.05) is 29.9 Å². The number of sulfonamides is 1. The molecule has 0 saturated carbocycles. The molecule has 1 aliphatic rings. The summed E-state index contributed by atoms with van der Waals surface area (Å²) in [6.45, 7) is 5.36. The van der Waals surface area contributed by atoms with Crippen LogP contribution in [0.2, 0.25) is 0 Å². The molecule has 0 bridgehead atoms. The first-order chi connectivity index (χ1) is 16.3. The van der Waals surface area contributed by atoms with Crippen LogP contribution in [0.3, 0.4) is 0 Å². The molecule has 2 aromatic carbocycles. The van der Waals surface area contributed by atoms with E-state index in [0.29, 0.717) is 23.7 Å². The Hall–Kier alpha value is -3.27. The van der Waals surface area contributed by atoms with Gasteiger partial charge in [0.05, 0.1) is 11.4 Å². The summed E-state index contributed by atoms with van der Waals surface area (Å²) >= 11 is 0. The van der Waals surface area contributed by atoms with Crippen molar-refractivity contribution < 1.29 is 27.5 Å². The van der Waals surface area contributed by atoms with Crippen molar-refractivity contribution in [3.8, 4) is 11.5 Å². The number of hydrogen-bond acceptors (Lipinski definition) is 6. The average molecular weight is 490 g/mol. The molecule has 3 rings (SSSR count). The summed E-state index contributed by atoms with van der Waals surface area (Å²) in [5.41, 5.74) is 1.13. The van der Waals surface area contributed by atoms with Gasteiger partial charge in [-0.25, -0.2) is 8.42 Å². The molecule has 0 fully saturated rings. The number of ether oxygens (including phenoxy) is 2. The molecule has 0 aliphatic carbocycles. The molecule has 10 heteroatoms. The van der Waals surface area contributed by atoms with Crippen molar-refractivity contribution in [1.29, 1.82) is 0 Å². The molecule has 184 valence electrons. The second-order valence-corrected chi connectivity index (χ2v) is 10.1. The highest BCUT2D eigenvalue weighted by Gasteiger charge is 2.31. The first-order valence-electron chi connectivity index (χ1n) is 11.3. The third-order valence-corrected chi connectivity index (χ3v) is 7.28. The van der Waals surface area contributed by atoms with Crippen molar-refractivity contribution in [3.05, 3.63) is 54.1 Å². The molecule has 34 heavy (non-hydrogen) atoms. The minimum absolute atomic E-state index is 0.0491. The van der Waals surface area contributed by atoms with Gasteiger partial charge in [0.1, 0.15) is 12.6 Å². The Balaban J connectivity index is 1.91. The smallest absolute Gasteiger partial charge is 0.244 e. The summed E-state index contributed by atoms with van der Waals surface area (Å²) in [6, 6.07) is 13.2. The Morgan fingerprint density at radius 2 is 1.76 bits per heavy atom. The van der Waals surface area contributed by atoms with Crippen LogP contribution in [0.5, 0.6) is 11.5 Å². The highest BCUT2D eigenvalue weighted by atomic mass is 32.2. The zero-order chi connectivity index (χ0) is 24.7. The highest BCUT2D eigenvalue weighted by Crippen LogP contribution is 2.36. The van der Waals surface area contributed by atoms with Gasteiger partial charge >= 0.3 is 0 Å². The van der Waals surface area contributed by atoms with Crippen molar-refractivity contribution in [1.82, 2.24) is 10.2 Å². The summed E-state index contributed by atoms with van der Waals surface area (Å²) < 4.78 is 37.7. The van der Waals surface area contributed by atoms with E-state index in [9.17, 15) is 18.0 Å². The van der Waals surface area contributed by atoms with Crippen molar-refractivity contribution >= 4 is 27.5 Å². The third kappa shape index (κ3) is 5.99. The van der Waals surface area contributed by atoms with Crippen molar-refractivity contribution in [2.24, 2.45) is 0 Å². The lowest BCUT2D eigenvalue weighted by molar-refractivity contribution is -0.139. The Morgan fingerprint density at radius 1 is 1.06 bits per heavy atom. The Labute approximate surface area is 200 Å². The highest BCUT2D eigenvalue weighted by molar-refractivity contribution is 7.92. The van der Waals surface area contributed by atoms with E-state index in [2.05, 4.69) is 5.32 Å². The normalized spacial score (nSPS) is 13.3. The van der Waals surface area contributed by atoms with Gasteiger partial charge in [-0.2, -0.15) is 0 Å². The number of hydrogen-bond donors (Lipinski definition) is 1. The second-order valence-electron chi connectivity index (χ2n) is 7.92. The molecule has 1 atom stereocenters. The van der Waals surface area contributed by atoms with E-state index in [1.54, 1.807) is 25.1 Å². The molecule has 1 heterocycles. The molecule has 0 spiro atoms. The molecule has 1 unspecified atom stereocenters. The zero-order valence-corrected chi connectivity index (χ0v) is 20.5. The molecule has 1 N–H and O–H groups in total. The van der Waals surface area contributed by atoms with E-state index >= 15 is 0 Å². The number of rotatable bonds is 11. The fourth-order valence-electron chi connectivity index (χ4n) is 3.52. The van der Waals surface area contributed by atoms with Crippen LogP contribution in [0.15, 0.2) is 48.5 Å². The number of amides is 2. The molecule has 0 radical (unpaired) electrons. The average Bonchev–Trinajstić information content (AvgIpc) is 3.32. The van der Waals surface area contributed by atoms with Crippen molar-refractivity contribution in [2.45, 2.75) is 39.8 Å². The van der Waals surface area contributed by atoms with Crippen LogP contribution in [0, 0.1) is 0 Å². The van der Waals surface area contributed by atoms with Gasteiger partial charge in [-0.05, 0) is 38.0 Å². The standard InChI is InChI=1S/C24H31N3O6S/c1-4-13-25-24(29)18(3)26(15-19-9-7-6-8-10-19)23(28)16-27(34(30,31)5-2)20-11-12-21-22(14-20)33-17-32-21/h6-12,14,18H,4-5,13,15-17H2,1-3H3,(H,25,29). The van der Waals surface area contributed by atoms with Gasteiger partial charge in [-0.3, -0.25) is 13.9 Å². The van der Waals surface area contributed by atoms with E-state index < -0.39 is 28.5 Å². The Kier molecular flexibility index (Phi) is 8.38. The molecule has 2 amide bonds. The molecule has 9 nitrogen and oxygen atoms in total. The van der Waals surface area contributed by atoms with E-state index in [1.807, 2.05) is 37.3 Å². The summed E-state index contributed by atoms with van der Waals surface area (Å²) in [7, 11) is -3.80. The van der Waals surface area contributed by atoms with E-state index in [0.717, 1.165) is 16.3 Å². The van der Waals surface area contributed by atoms with Crippen LogP contribution in [-0.2, 0) is 26.2 Å². The fourth-order valence-corrected chi connectivity index (χ4v) is 4.57. The van der Waals surface area contributed by atoms with Crippen LogP contribution in [-0.4, -0.2) is 56.8 Å². The van der Waals surface area contributed by atoms with Gasteiger partial charge in [0.25, 0.3) is 0 Å². The predicted octanol–water partition coefficient (Wildman–Crippen LogP) is 2.51.